The van der Waals surface area contributed by atoms with E-state index >= 15 is 0 Å². The number of esters is 1. The van der Waals surface area contributed by atoms with Crippen LogP contribution in [-0.2, 0) is 38.3 Å². The minimum Gasteiger partial charge on any atom is -0.457 e. The summed E-state index contributed by atoms with van der Waals surface area (Å²) >= 11 is 0. The molecule has 1 fully saturated rings. The average Bonchev–Trinajstić information content (AvgIpc) is 3.26. The molecule has 4 N–H and O–H groups in total. The molecule has 6 unspecified atom stereocenters. The van der Waals surface area contributed by atoms with Gasteiger partial charge in [-0.1, -0.05) is 204 Å². The number of hydrogen-bond acceptors (Lipinski definition) is 11. The standard InChI is InChI=1S/C50H90O12S/c1-3-5-7-9-11-13-15-17-18-19-20-21-22-23-24-25-26-28-30-32-34-36-38-40-58-42-44(43-59-50-48(54)49(62-63(55,56)57)47(53)45(41-51)61-50)60-46(52)39-37-35-33-31-29-27-16-14-12-10-8-6-4-2/h6,8,12,14,27,29,33,35,44-45,47-51,53-54H,3-5,7,9-11,13,15-26,28,30-32,34,36-43H2,1-2H3,(H,55,56,57)/b8-6-,14-12-,29-27-,35-33-. The van der Waals surface area contributed by atoms with E-state index in [9.17, 15) is 28.5 Å². The fourth-order valence-corrected chi connectivity index (χ4v) is 8.02. The van der Waals surface area contributed by atoms with Gasteiger partial charge in [-0.25, -0.2) is 4.18 Å². The first-order chi connectivity index (χ1) is 30.6. The molecule has 1 aliphatic rings. The minimum atomic E-state index is -5.07. The molecule has 63 heavy (non-hydrogen) atoms. The topological polar surface area (TPSA) is 178 Å². The van der Waals surface area contributed by atoms with Gasteiger partial charge in [0.05, 0.1) is 19.8 Å². The van der Waals surface area contributed by atoms with E-state index in [2.05, 4.69) is 54.5 Å². The van der Waals surface area contributed by atoms with Crippen LogP contribution in [0.4, 0.5) is 0 Å². The Kier molecular flexibility index (Phi) is 38.9. The zero-order valence-corrected chi connectivity index (χ0v) is 40.2. The van der Waals surface area contributed by atoms with E-state index in [0.717, 1.165) is 44.9 Å². The van der Waals surface area contributed by atoms with E-state index in [-0.39, 0.29) is 19.6 Å². The summed E-state index contributed by atoms with van der Waals surface area (Å²) in [5.74, 6) is -0.476. The molecular weight excluding hydrogens is 825 g/mol. The largest absolute Gasteiger partial charge is 0.457 e. The van der Waals surface area contributed by atoms with Crippen molar-refractivity contribution in [2.75, 3.05) is 26.4 Å². The fraction of sp³-hybridized carbons (Fsp3) is 0.820. The second-order valence-corrected chi connectivity index (χ2v) is 18.1. The number of allylic oxidation sites excluding steroid dienone is 8. The lowest BCUT2D eigenvalue weighted by Crippen LogP contribution is -2.60. The molecule has 6 atom stereocenters. The maximum atomic E-state index is 12.8. The zero-order valence-electron chi connectivity index (χ0n) is 39.4. The van der Waals surface area contributed by atoms with Crippen molar-refractivity contribution in [3.05, 3.63) is 48.6 Å². The number of rotatable bonds is 43. The van der Waals surface area contributed by atoms with Crippen LogP contribution in [-0.4, -0.2) is 97.5 Å². The number of unbranched alkanes of at least 4 members (excludes halogenated alkanes) is 22. The third-order valence-corrected chi connectivity index (χ3v) is 11.7. The molecule has 12 nitrogen and oxygen atoms in total. The number of aliphatic hydroxyl groups is 3. The van der Waals surface area contributed by atoms with E-state index in [1.807, 2.05) is 12.2 Å². The Morgan fingerprint density at radius 3 is 1.51 bits per heavy atom. The number of aliphatic hydroxyl groups excluding tert-OH is 3. The molecule has 0 aromatic carbocycles. The van der Waals surface area contributed by atoms with Crippen molar-refractivity contribution in [1.82, 2.24) is 0 Å². The van der Waals surface area contributed by atoms with Crippen LogP contribution < -0.4 is 0 Å². The van der Waals surface area contributed by atoms with Crippen LogP contribution >= 0.6 is 0 Å². The Morgan fingerprint density at radius 2 is 1.06 bits per heavy atom. The summed E-state index contributed by atoms with van der Waals surface area (Å²) in [5, 5.41) is 30.7. The number of hydrogen-bond donors (Lipinski definition) is 4. The Balaban J connectivity index is 2.34. The van der Waals surface area contributed by atoms with Gasteiger partial charge in [-0.3, -0.25) is 9.35 Å². The molecule has 0 aromatic rings. The van der Waals surface area contributed by atoms with Crippen LogP contribution in [0, 0.1) is 0 Å². The first-order valence-corrected chi connectivity index (χ1v) is 26.3. The summed E-state index contributed by atoms with van der Waals surface area (Å²) in [6, 6.07) is 0. The van der Waals surface area contributed by atoms with Gasteiger partial charge < -0.3 is 34.3 Å². The Hall–Kier alpha value is -1.94. The van der Waals surface area contributed by atoms with Crippen molar-refractivity contribution in [3.8, 4) is 0 Å². The highest BCUT2D eigenvalue weighted by molar-refractivity contribution is 7.80. The molecule has 0 aromatic heterocycles. The summed E-state index contributed by atoms with van der Waals surface area (Å²) in [4.78, 5) is 12.8. The molecule has 13 heteroatoms. The third kappa shape index (κ3) is 35.0. The van der Waals surface area contributed by atoms with Crippen molar-refractivity contribution < 1.29 is 56.2 Å². The Morgan fingerprint density at radius 1 is 0.619 bits per heavy atom. The van der Waals surface area contributed by atoms with Crippen LogP contribution in [0.1, 0.15) is 200 Å². The Bertz CT molecular complexity index is 1290. The summed E-state index contributed by atoms with van der Waals surface area (Å²) in [7, 11) is -5.07. The minimum absolute atomic E-state index is 0.00877. The molecule has 0 bridgehead atoms. The highest BCUT2D eigenvalue weighted by Gasteiger charge is 2.48. The van der Waals surface area contributed by atoms with Gasteiger partial charge in [0, 0.05) is 13.0 Å². The van der Waals surface area contributed by atoms with Gasteiger partial charge in [0.1, 0.15) is 30.5 Å². The van der Waals surface area contributed by atoms with Crippen LogP contribution in [0.3, 0.4) is 0 Å². The molecule has 0 saturated carbocycles. The highest BCUT2D eigenvalue weighted by Crippen LogP contribution is 2.26. The van der Waals surface area contributed by atoms with Crippen molar-refractivity contribution in [2.45, 2.75) is 237 Å². The number of carbonyl (C=O) groups is 1. The quantitative estimate of drug-likeness (QED) is 0.0197. The molecule has 0 spiro atoms. The number of carbonyl (C=O) groups excluding carboxylic acids is 1. The molecule has 1 rings (SSSR count). The van der Waals surface area contributed by atoms with Gasteiger partial charge in [-0.05, 0) is 38.5 Å². The molecule has 0 amide bonds. The van der Waals surface area contributed by atoms with Gasteiger partial charge in [0.15, 0.2) is 6.29 Å². The van der Waals surface area contributed by atoms with Crippen LogP contribution in [0.15, 0.2) is 48.6 Å². The first-order valence-electron chi connectivity index (χ1n) is 24.9. The van der Waals surface area contributed by atoms with Crippen LogP contribution in [0.25, 0.3) is 0 Å². The normalized spacial score (nSPS) is 20.3. The van der Waals surface area contributed by atoms with Crippen molar-refractivity contribution >= 4 is 16.4 Å². The monoisotopic (exact) mass is 915 g/mol. The van der Waals surface area contributed by atoms with E-state index in [1.165, 1.54) is 128 Å². The van der Waals surface area contributed by atoms with E-state index in [0.29, 0.717) is 13.0 Å². The van der Waals surface area contributed by atoms with E-state index in [4.69, 9.17) is 23.5 Å². The van der Waals surface area contributed by atoms with Gasteiger partial charge in [-0.2, -0.15) is 8.42 Å². The molecule has 1 saturated heterocycles. The molecular formula is C50H90O12S. The lowest BCUT2D eigenvalue weighted by molar-refractivity contribution is -0.301. The zero-order chi connectivity index (χ0) is 46.1. The smallest absolute Gasteiger partial charge is 0.397 e. The summed E-state index contributed by atoms with van der Waals surface area (Å²) in [5.41, 5.74) is 0. The van der Waals surface area contributed by atoms with Crippen LogP contribution in [0.2, 0.25) is 0 Å². The second-order valence-electron chi connectivity index (χ2n) is 17.0. The predicted octanol–water partition coefficient (Wildman–Crippen LogP) is 11.1. The van der Waals surface area contributed by atoms with Crippen molar-refractivity contribution in [2.24, 2.45) is 0 Å². The highest BCUT2D eigenvalue weighted by atomic mass is 32.3. The summed E-state index contributed by atoms with van der Waals surface area (Å²) in [6.45, 7) is 3.80. The molecule has 0 aliphatic carbocycles. The van der Waals surface area contributed by atoms with Gasteiger partial charge in [0.2, 0.25) is 0 Å². The fourth-order valence-electron chi connectivity index (χ4n) is 7.51. The first kappa shape index (κ1) is 59.1. The summed E-state index contributed by atoms with van der Waals surface area (Å²) < 4.78 is 59.0. The lowest BCUT2D eigenvalue weighted by atomic mass is 9.99. The van der Waals surface area contributed by atoms with Gasteiger partial charge in [0.25, 0.3) is 0 Å². The van der Waals surface area contributed by atoms with E-state index < -0.39 is 59.8 Å². The lowest BCUT2D eigenvalue weighted by Gasteiger charge is -2.41. The maximum absolute atomic E-state index is 12.8. The summed E-state index contributed by atoms with van der Waals surface area (Å²) in [6.07, 6.45) is 41.8. The molecule has 0 radical (unpaired) electrons. The average molecular weight is 915 g/mol. The maximum Gasteiger partial charge on any atom is 0.397 e. The van der Waals surface area contributed by atoms with Gasteiger partial charge in [-0.15, -0.1) is 0 Å². The Labute approximate surface area is 383 Å². The van der Waals surface area contributed by atoms with Crippen LogP contribution in [0.5, 0.6) is 0 Å². The number of ether oxygens (including phenoxy) is 4. The van der Waals surface area contributed by atoms with Crippen molar-refractivity contribution in [3.63, 3.8) is 0 Å². The SMILES string of the molecule is CC/C=C\C/C=C\C/C=C\C/C=C\CCC(=O)OC(COCCCCCCCCCCCCCCCCCCCCCCCCC)COC1OC(CO)C(O)C(OS(=O)(=O)O)C1O. The molecule has 1 aliphatic heterocycles. The van der Waals surface area contributed by atoms with E-state index in [1.54, 1.807) is 0 Å². The molecule has 1 heterocycles. The predicted molar refractivity (Wildman–Crippen MR) is 253 cm³/mol. The molecule has 368 valence electrons. The third-order valence-electron chi connectivity index (χ3n) is 11.2. The van der Waals surface area contributed by atoms with Crippen molar-refractivity contribution in [1.29, 1.82) is 0 Å². The second kappa shape index (κ2) is 41.5. The van der Waals surface area contributed by atoms with Gasteiger partial charge >= 0.3 is 16.4 Å².